The van der Waals surface area contributed by atoms with Crippen LogP contribution in [0.4, 0.5) is 11.4 Å². The second-order valence-corrected chi connectivity index (χ2v) is 10.1. The molecule has 2 aromatic carbocycles. The third-order valence-corrected chi connectivity index (χ3v) is 7.66. The number of rotatable bonds is 12. The molecule has 194 valence electrons. The van der Waals surface area contributed by atoms with Crippen LogP contribution in [-0.2, 0) is 34.1 Å². The van der Waals surface area contributed by atoms with E-state index in [-0.39, 0.29) is 19.1 Å². The fraction of sp³-hybridized carbons (Fsp3) is 0.385. The Bertz CT molecular complexity index is 1170. The van der Waals surface area contributed by atoms with Crippen molar-refractivity contribution in [3.8, 4) is 5.75 Å². The molecule has 1 aromatic heterocycles. The average molecular weight is 514 g/mol. The van der Waals surface area contributed by atoms with Crippen molar-refractivity contribution in [2.75, 3.05) is 51.2 Å². The summed E-state index contributed by atoms with van der Waals surface area (Å²) in [6, 6.07) is 11.4. The van der Waals surface area contributed by atoms with E-state index in [9.17, 15) is 9.00 Å². The zero-order valence-electron chi connectivity index (χ0n) is 21.8. The van der Waals surface area contributed by atoms with E-state index in [1.807, 2.05) is 68.1 Å². The van der Waals surface area contributed by atoms with E-state index < -0.39 is 11.0 Å². The van der Waals surface area contributed by atoms with Gasteiger partial charge in [0.1, 0.15) is 23.3 Å². The van der Waals surface area contributed by atoms with E-state index in [0.717, 1.165) is 38.8 Å². The predicted molar refractivity (Wildman–Crippen MR) is 143 cm³/mol. The molecular formula is C26H35N5O4S. The number of aryl methyl sites for hydroxylation is 3. The van der Waals surface area contributed by atoms with Crippen LogP contribution in [0.5, 0.6) is 5.75 Å². The normalized spacial score (nSPS) is 12.0. The Morgan fingerprint density at radius 3 is 2.39 bits per heavy atom. The number of methoxy groups -OCH3 is 1. The highest BCUT2D eigenvalue weighted by molar-refractivity contribution is 7.82. The summed E-state index contributed by atoms with van der Waals surface area (Å²) in [5.41, 5.74) is 4.63. The minimum Gasteiger partial charge on any atom is -0.497 e. The van der Waals surface area contributed by atoms with Crippen LogP contribution in [0.15, 0.2) is 53.8 Å². The van der Waals surface area contributed by atoms with Crippen LogP contribution in [0, 0.1) is 13.8 Å². The van der Waals surface area contributed by atoms with Gasteiger partial charge in [-0.1, -0.05) is 0 Å². The van der Waals surface area contributed by atoms with Crippen molar-refractivity contribution in [3.05, 3.63) is 65.7 Å². The van der Waals surface area contributed by atoms with Gasteiger partial charge in [-0.2, -0.15) is 0 Å². The maximum atomic E-state index is 13.0. The van der Waals surface area contributed by atoms with Gasteiger partial charge in [0.2, 0.25) is 0 Å². The third-order valence-electron chi connectivity index (χ3n) is 5.92. The molecule has 0 saturated carbocycles. The van der Waals surface area contributed by atoms with Gasteiger partial charge in [0.25, 0.3) is 5.91 Å². The molecule has 0 bridgehead atoms. The van der Waals surface area contributed by atoms with Crippen molar-refractivity contribution in [1.82, 2.24) is 13.9 Å². The maximum Gasteiger partial charge on any atom is 0.252 e. The molecule has 1 unspecified atom stereocenters. The van der Waals surface area contributed by atoms with Gasteiger partial charge >= 0.3 is 0 Å². The van der Waals surface area contributed by atoms with Gasteiger partial charge in [-0.15, -0.1) is 0 Å². The van der Waals surface area contributed by atoms with E-state index in [0.29, 0.717) is 13.1 Å². The number of amides is 1. The molecule has 36 heavy (non-hydrogen) atoms. The average Bonchev–Trinajstić information content (AvgIpc) is 3.28. The molecule has 10 heteroatoms. The van der Waals surface area contributed by atoms with Crippen LogP contribution in [-0.4, -0.2) is 64.9 Å². The Labute approximate surface area is 215 Å². The monoisotopic (exact) mass is 513 g/mol. The van der Waals surface area contributed by atoms with Crippen molar-refractivity contribution >= 4 is 28.3 Å². The zero-order chi connectivity index (χ0) is 26.2. The number of nitrogens with zero attached hydrogens (tertiary/aromatic N) is 4. The molecule has 1 heterocycles. The lowest BCUT2D eigenvalue weighted by atomic mass is 10.1. The summed E-state index contributed by atoms with van der Waals surface area (Å²) in [7, 11) is 5.73. The number of nitrogens with one attached hydrogen (secondary N) is 1. The summed E-state index contributed by atoms with van der Waals surface area (Å²) < 4.78 is 27.6. The van der Waals surface area contributed by atoms with E-state index in [4.69, 9.17) is 9.47 Å². The number of carbonyl (C=O) groups excluding carboxylic acids is 1. The molecule has 0 fully saturated rings. The molecule has 1 atom stereocenters. The van der Waals surface area contributed by atoms with Gasteiger partial charge in [0.15, 0.2) is 0 Å². The lowest BCUT2D eigenvalue weighted by Gasteiger charge is -2.20. The van der Waals surface area contributed by atoms with Gasteiger partial charge in [0, 0.05) is 45.3 Å². The van der Waals surface area contributed by atoms with Crippen molar-refractivity contribution in [3.63, 3.8) is 0 Å². The molecule has 1 amide bonds. The van der Waals surface area contributed by atoms with E-state index in [2.05, 4.69) is 10.3 Å². The standard InChI is InChI=1S/C26H35N5O4S/c1-19-13-24(34-6)14-20(2)26(19)36(33)30(4)11-12-35-17-25(32)31(5)22-9-7-21(8-10-22)28-16-23-15-27-18-29(23)3/h7-10,13-15,18,28H,11-12,16-17H2,1-6H3. The van der Waals surface area contributed by atoms with Crippen LogP contribution in [0.1, 0.15) is 16.8 Å². The van der Waals surface area contributed by atoms with Crippen LogP contribution < -0.4 is 15.0 Å². The molecule has 0 aliphatic rings. The summed E-state index contributed by atoms with van der Waals surface area (Å²) in [6.45, 7) is 5.15. The Balaban J connectivity index is 1.44. The highest BCUT2D eigenvalue weighted by Crippen LogP contribution is 2.25. The topological polar surface area (TPSA) is 88.9 Å². The van der Waals surface area contributed by atoms with Crippen molar-refractivity contribution in [2.24, 2.45) is 7.05 Å². The predicted octanol–water partition coefficient (Wildman–Crippen LogP) is 3.29. The largest absolute Gasteiger partial charge is 0.497 e. The summed E-state index contributed by atoms with van der Waals surface area (Å²) in [4.78, 5) is 19.0. The summed E-state index contributed by atoms with van der Waals surface area (Å²) >= 11 is 0. The molecule has 1 N–H and O–H groups in total. The van der Waals surface area contributed by atoms with Crippen molar-refractivity contribution < 1.29 is 18.5 Å². The number of likely N-dealkylation sites (N-methyl/N-ethyl adjacent to an activating group) is 2. The molecule has 0 aliphatic carbocycles. The first-order valence-corrected chi connectivity index (χ1v) is 12.7. The second-order valence-electron chi connectivity index (χ2n) is 8.59. The van der Waals surface area contributed by atoms with Gasteiger partial charge in [-0.3, -0.25) is 4.79 Å². The third kappa shape index (κ3) is 6.93. The molecule has 0 radical (unpaired) electrons. The van der Waals surface area contributed by atoms with Crippen molar-refractivity contribution in [2.45, 2.75) is 25.3 Å². The van der Waals surface area contributed by atoms with Gasteiger partial charge in [-0.05, 0) is 61.4 Å². The van der Waals surface area contributed by atoms with Crippen LogP contribution in [0.25, 0.3) is 0 Å². The Kier molecular flexibility index (Phi) is 9.63. The van der Waals surface area contributed by atoms with Crippen molar-refractivity contribution in [1.29, 1.82) is 0 Å². The number of hydrogen-bond acceptors (Lipinski definition) is 6. The molecule has 9 nitrogen and oxygen atoms in total. The molecule has 0 spiro atoms. The van der Waals surface area contributed by atoms with E-state index in [1.165, 1.54) is 0 Å². The van der Waals surface area contributed by atoms with E-state index in [1.54, 1.807) is 36.7 Å². The second kappa shape index (κ2) is 12.7. The minimum atomic E-state index is -1.34. The van der Waals surface area contributed by atoms with Crippen LogP contribution in [0.2, 0.25) is 0 Å². The summed E-state index contributed by atoms with van der Waals surface area (Å²) in [5, 5.41) is 3.34. The molecule has 0 saturated heterocycles. The molecule has 0 aliphatic heterocycles. The number of aromatic nitrogens is 2. The number of benzene rings is 2. The van der Waals surface area contributed by atoms with Crippen LogP contribution >= 0.6 is 0 Å². The fourth-order valence-corrected chi connectivity index (χ4v) is 4.91. The molecular weight excluding hydrogens is 478 g/mol. The summed E-state index contributed by atoms with van der Waals surface area (Å²) in [5.74, 6) is 0.589. The molecule has 3 rings (SSSR count). The first kappa shape index (κ1) is 27.4. The summed E-state index contributed by atoms with van der Waals surface area (Å²) in [6.07, 6.45) is 3.59. The smallest absolute Gasteiger partial charge is 0.252 e. The number of ether oxygens (including phenoxy) is 2. The van der Waals surface area contributed by atoms with E-state index >= 15 is 0 Å². The Morgan fingerprint density at radius 1 is 1.14 bits per heavy atom. The van der Waals surface area contributed by atoms with Gasteiger partial charge in [0.05, 0.1) is 37.2 Å². The highest BCUT2D eigenvalue weighted by atomic mass is 32.2. The first-order valence-electron chi connectivity index (χ1n) is 11.6. The fourth-order valence-electron chi connectivity index (χ4n) is 3.69. The number of imidazole rings is 1. The highest BCUT2D eigenvalue weighted by Gasteiger charge is 2.17. The Morgan fingerprint density at radius 2 is 1.81 bits per heavy atom. The first-order chi connectivity index (χ1) is 17.2. The number of hydrogen-bond donors (Lipinski definition) is 1. The number of carbonyl (C=O) groups is 1. The van der Waals surface area contributed by atoms with Crippen LogP contribution in [0.3, 0.4) is 0 Å². The number of anilines is 2. The Hall–Kier alpha value is -3.21. The van der Waals surface area contributed by atoms with Gasteiger partial charge in [-0.25, -0.2) is 13.5 Å². The SMILES string of the molecule is COc1cc(C)c(S(=O)N(C)CCOCC(=O)N(C)c2ccc(NCc3cncn3C)cc2)c(C)c1. The lowest BCUT2D eigenvalue weighted by molar-refractivity contribution is -0.122. The molecule has 3 aromatic rings. The quantitative estimate of drug-likeness (QED) is 0.374. The zero-order valence-corrected chi connectivity index (χ0v) is 22.6. The lowest BCUT2D eigenvalue weighted by Crippen LogP contribution is -2.32. The van der Waals surface area contributed by atoms with Gasteiger partial charge < -0.3 is 24.3 Å². The minimum absolute atomic E-state index is 0.0575. The maximum absolute atomic E-state index is 13.0.